The van der Waals surface area contributed by atoms with E-state index in [0.29, 0.717) is 6.54 Å². The molecule has 0 aliphatic carbocycles. The molecule has 0 atom stereocenters. The molecule has 2 rings (SSSR count). The Bertz CT molecular complexity index is 621. The van der Waals surface area contributed by atoms with Gasteiger partial charge in [0.25, 0.3) is 0 Å². The molecule has 4 heteroatoms. The summed E-state index contributed by atoms with van der Waals surface area (Å²) in [6, 6.07) is 17.2. The van der Waals surface area contributed by atoms with E-state index >= 15 is 0 Å². The summed E-state index contributed by atoms with van der Waals surface area (Å²) in [5, 5.41) is 11.7. The van der Waals surface area contributed by atoms with Crippen molar-refractivity contribution in [3.8, 4) is 0 Å². The highest BCUT2D eigenvalue weighted by atomic mass is 16.3. The fourth-order valence-corrected chi connectivity index (χ4v) is 2.00. The predicted octanol–water partition coefficient (Wildman–Crippen LogP) is 2.77. The number of hydrogen-bond acceptors (Lipinski definition) is 3. The molecule has 0 unspecified atom stereocenters. The van der Waals surface area contributed by atoms with Crippen molar-refractivity contribution in [2.75, 3.05) is 30.4 Å². The van der Waals surface area contributed by atoms with Gasteiger partial charge in [-0.25, -0.2) is 0 Å². The summed E-state index contributed by atoms with van der Waals surface area (Å²) in [7, 11) is 1.91. The van der Waals surface area contributed by atoms with Gasteiger partial charge in [-0.15, -0.1) is 0 Å². The molecule has 0 heterocycles. The smallest absolute Gasteiger partial charge is 0.248 e. The summed E-state index contributed by atoms with van der Waals surface area (Å²) in [6.45, 7) is 0.685. The van der Waals surface area contributed by atoms with Gasteiger partial charge < -0.3 is 15.3 Å². The molecule has 0 saturated carbocycles. The number of anilines is 2. The lowest BCUT2D eigenvalue weighted by molar-refractivity contribution is -0.111. The second kappa shape index (κ2) is 8.00. The third kappa shape index (κ3) is 4.75. The number of nitrogens with zero attached hydrogens (tertiary/aromatic N) is 1. The highest BCUT2D eigenvalue weighted by molar-refractivity contribution is 6.01. The second-order valence-corrected chi connectivity index (χ2v) is 4.93. The van der Waals surface area contributed by atoms with Crippen LogP contribution in [0, 0.1) is 0 Å². The SMILES string of the molecule is CN(CCO)c1ccc(NC(=O)/C=C/c2ccccc2)cc1. The molecule has 22 heavy (non-hydrogen) atoms. The molecule has 114 valence electrons. The van der Waals surface area contributed by atoms with Crippen LogP contribution in [0.1, 0.15) is 5.56 Å². The molecule has 1 amide bonds. The number of aliphatic hydroxyl groups is 1. The Hall–Kier alpha value is -2.59. The molecule has 0 aliphatic rings. The van der Waals surface area contributed by atoms with Crippen LogP contribution in [0.25, 0.3) is 6.08 Å². The molecule has 2 aromatic rings. The number of nitrogens with one attached hydrogen (secondary N) is 1. The molecule has 2 aromatic carbocycles. The Balaban J connectivity index is 1.93. The van der Waals surface area contributed by atoms with Crippen LogP contribution in [0.4, 0.5) is 11.4 Å². The molecule has 0 fully saturated rings. The van der Waals surface area contributed by atoms with Gasteiger partial charge >= 0.3 is 0 Å². The first-order chi connectivity index (χ1) is 10.7. The van der Waals surface area contributed by atoms with E-state index in [-0.39, 0.29) is 12.5 Å². The van der Waals surface area contributed by atoms with E-state index < -0.39 is 0 Å². The molecule has 0 bridgehead atoms. The molecular formula is C18H20N2O2. The molecular weight excluding hydrogens is 276 g/mol. The first-order valence-corrected chi connectivity index (χ1v) is 7.15. The maximum atomic E-state index is 11.9. The molecule has 0 radical (unpaired) electrons. The lowest BCUT2D eigenvalue weighted by Gasteiger charge is -2.18. The predicted molar refractivity (Wildman–Crippen MR) is 90.9 cm³/mol. The van der Waals surface area contributed by atoms with E-state index in [4.69, 9.17) is 5.11 Å². The van der Waals surface area contributed by atoms with E-state index in [0.717, 1.165) is 16.9 Å². The van der Waals surface area contributed by atoms with Crippen molar-refractivity contribution >= 4 is 23.4 Å². The Morgan fingerprint density at radius 2 is 1.82 bits per heavy atom. The fourth-order valence-electron chi connectivity index (χ4n) is 2.00. The minimum Gasteiger partial charge on any atom is -0.395 e. The Labute approximate surface area is 130 Å². The zero-order valence-corrected chi connectivity index (χ0v) is 12.6. The van der Waals surface area contributed by atoms with Crippen molar-refractivity contribution < 1.29 is 9.90 Å². The number of carbonyl (C=O) groups is 1. The van der Waals surface area contributed by atoms with E-state index in [1.807, 2.05) is 66.5 Å². The van der Waals surface area contributed by atoms with Gasteiger partial charge in [0.2, 0.25) is 5.91 Å². The summed E-state index contributed by atoms with van der Waals surface area (Å²) in [6.07, 6.45) is 3.29. The minimum atomic E-state index is -0.166. The fraction of sp³-hybridized carbons (Fsp3) is 0.167. The monoisotopic (exact) mass is 296 g/mol. The van der Waals surface area contributed by atoms with Gasteiger partial charge in [-0.3, -0.25) is 4.79 Å². The van der Waals surface area contributed by atoms with Crippen LogP contribution in [0.15, 0.2) is 60.7 Å². The number of likely N-dealkylation sites (N-methyl/N-ethyl adjacent to an activating group) is 1. The maximum absolute atomic E-state index is 11.9. The maximum Gasteiger partial charge on any atom is 0.248 e. The number of aliphatic hydroxyl groups excluding tert-OH is 1. The van der Waals surface area contributed by atoms with Crippen molar-refractivity contribution in [3.05, 3.63) is 66.2 Å². The number of hydrogen-bond donors (Lipinski definition) is 2. The molecule has 4 nitrogen and oxygen atoms in total. The number of carbonyl (C=O) groups excluding carboxylic acids is 1. The zero-order chi connectivity index (χ0) is 15.8. The first kappa shape index (κ1) is 15.8. The number of amides is 1. The van der Waals surface area contributed by atoms with Crippen molar-refractivity contribution in [1.29, 1.82) is 0 Å². The summed E-state index contributed by atoms with van der Waals surface area (Å²) >= 11 is 0. The Kier molecular flexibility index (Phi) is 5.74. The summed E-state index contributed by atoms with van der Waals surface area (Å²) < 4.78 is 0. The molecule has 0 aliphatic heterocycles. The first-order valence-electron chi connectivity index (χ1n) is 7.15. The number of rotatable bonds is 6. The lowest BCUT2D eigenvalue weighted by Crippen LogP contribution is -2.20. The highest BCUT2D eigenvalue weighted by Crippen LogP contribution is 2.16. The average Bonchev–Trinajstić information content (AvgIpc) is 2.55. The van der Waals surface area contributed by atoms with Crippen LogP contribution >= 0.6 is 0 Å². The third-order valence-electron chi connectivity index (χ3n) is 3.24. The molecule has 2 N–H and O–H groups in total. The average molecular weight is 296 g/mol. The van der Waals surface area contributed by atoms with Gasteiger partial charge in [0, 0.05) is 31.0 Å². The Morgan fingerprint density at radius 3 is 2.45 bits per heavy atom. The minimum absolute atomic E-state index is 0.110. The standard InChI is InChI=1S/C18H20N2O2/c1-20(13-14-21)17-10-8-16(9-11-17)19-18(22)12-7-15-5-3-2-4-6-15/h2-12,21H,13-14H2,1H3,(H,19,22)/b12-7+. The Morgan fingerprint density at radius 1 is 1.14 bits per heavy atom. The van der Waals surface area contributed by atoms with E-state index in [2.05, 4.69) is 5.32 Å². The lowest BCUT2D eigenvalue weighted by atomic mass is 10.2. The van der Waals surface area contributed by atoms with Gasteiger partial charge in [-0.1, -0.05) is 30.3 Å². The highest BCUT2D eigenvalue weighted by Gasteiger charge is 2.01. The van der Waals surface area contributed by atoms with Gasteiger partial charge in [0.15, 0.2) is 0 Å². The van der Waals surface area contributed by atoms with Crippen LogP contribution in [-0.4, -0.2) is 31.2 Å². The largest absolute Gasteiger partial charge is 0.395 e. The van der Waals surface area contributed by atoms with Crippen molar-refractivity contribution in [2.24, 2.45) is 0 Å². The van der Waals surface area contributed by atoms with Gasteiger partial charge in [-0.2, -0.15) is 0 Å². The number of benzene rings is 2. The van der Waals surface area contributed by atoms with Crippen LogP contribution < -0.4 is 10.2 Å². The molecule has 0 aromatic heterocycles. The normalized spacial score (nSPS) is 10.6. The molecule has 0 saturated heterocycles. The zero-order valence-electron chi connectivity index (χ0n) is 12.6. The van der Waals surface area contributed by atoms with Gasteiger partial charge in [0.05, 0.1) is 6.61 Å². The van der Waals surface area contributed by atoms with Crippen LogP contribution in [0.2, 0.25) is 0 Å². The van der Waals surface area contributed by atoms with E-state index in [1.54, 1.807) is 6.08 Å². The summed E-state index contributed by atoms with van der Waals surface area (Å²) in [5.41, 5.74) is 2.72. The quantitative estimate of drug-likeness (QED) is 0.806. The van der Waals surface area contributed by atoms with Crippen LogP contribution in [-0.2, 0) is 4.79 Å². The van der Waals surface area contributed by atoms with Crippen molar-refractivity contribution in [3.63, 3.8) is 0 Å². The van der Waals surface area contributed by atoms with Crippen LogP contribution in [0.3, 0.4) is 0 Å². The van der Waals surface area contributed by atoms with Gasteiger partial charge in [-0.05, 0) is 35.9 Å². The van der Waals surface area contributed by atoms with Crippen molar-refractivity contribution in [2.45, 2.75) is 0 Å². The van der Waals surface area contributed by atoms with Gasteiger partial charge in [0.1, 0.15) is 0 Å². The van der Waals surface area contributed by atoms with Crippen molar-refractivity contribution in [1.82, 2.24) is 0 Å². The van der Waals surface area contributed by atoms with E-state index in [1.165, 1.54) is 6.08 Å². The topological polar surface area (TPSA) is 52.6 Å². The molecule has 0 spiro atoms. The van der Waals surface area contributed by atoms with Crippen LogP contribution in [0.5, 0.6) is 0 Å². The summed E-state index contributed by atoms with van der Waals surface area (Å²) in [5.74, 6) is -0.166. The second-order valence-electron chi connectivity index (χ2n) is 4.93. The third-order valence-corrected chi connectivity index (χ3v) is 3.24. The van der Waals surface area contributed by atoms with E-state index in [9.17, 15) is 4.79 Å². The summed E-state index contributed by atoms with van der Waals surface area (Å²) in [4.78, 5) is 13.8.